The first kappa shape index (κ1) is 32.6. The highest BCUT2D eigenvalue weighted by Gasteiger charge is 2.55. The number of rotatable bonds is 8. The summed E-state index contributed by atoms with van der Waals surface area (Å²) in [6, 6.07) is -0.188. The van der Waals surface area contributed by atoms with E-state index >= 15 is 0 Å². The van der Waals surface area contributed by atoms with E-state index in [0.717, 1.165) is 0 Å². The maximum atomic E-state index is 13.4. The van der Waals surface area contributed by atoms with Crippen LogP contribution in [-0.2, 0) is 33.2 Å². The Bertz CT molecular complexity index is 828. The molecule has 3 rings (SSSR count). The van der Waals surface area contributed by atoms with Crippen LogP contribution in [0.15, 0.2) is 0 Å². The van der Waals surface area contributed by atoms with E-state index < -0.39 is 78.2 Å². The molecule has 0 spiro atoms. The predicted molar refractivity (Wildman–Crippen MR) is 142 cm³/mol. The summed E-state index contributed by atoms with van der Waals surface area (Å²) in [7, 11) is 5.34. The molecule has 0 aliphatic carbocycles. The van der Waals surface area contributed by atoms with Crippen LogP contribution in [-0.4, -0.2) is 120 Å². The van der Waals surface area contributed by atoms with Gasteiger partial charge in [0, 0.05) is 31.9 Å². The number of carbonyl (C=O) groups is 1. The third-order valence-electron chi connectivity index (χ3n) is 8.84. The molecule has 0 aromatic rings. The Balaban J connectivity index is 1.95. The standard InChI is InChI=1S/C28H51NO10/c1-14(30)12-28(7)24(38-26-21(31)19(29(8)9)11-15(2)35-26)16(3)22(17(4)25(33)39-28)37-20-13-27(6,34-10)23(32)18(5)36-20/h14-24,26,30-32H,11-13H2,1-10H3/t14-,15-,16+,17-,18+,19+,20+,21-,22+,23+,24-,26+,27-,28-/m1/s1. The molecule has 228 valence electrons. The minimum absolute atomic E-state index is 0.119. The molecule has 0 aromatic heterocycles. The number of aliphatic hydroxyl groups excluding tert-OH is 3. The van der Waals surface area contributed by atoms with Crippen LogP contribution in [0.3, 0.4) is 0 Å². The molecule has 0 saturated carbocycles. The number of cyclic esters (lactones) is 1. The number of aliphatic hydroxyl groups is 3. The summed E-state index contributed by atoms with van der Waals surface area (Å²) in [5, 5.41) is 32.2. The van der Waals surface area contributed by atoms with E-state index in [2.05, 4.69) is 0 Å². The van der Waals surface area contributed by atoms with Gasteiger partial charge < -0.3 is 48.6 Å². The van der Waals surface area contributed by atoms with Crippen LogP contribution in [0.4, 0.5) is 0 Å². The quantitative estimate of drug-likeness (QED) is 0.371. The van der Waals surface area contributed by atoms with Crippen LogP contribution in [0.25, 0.3) is 0 Å². The first-order chi connectivity index (χ1) is 18.0. The van der Waals surface area contributed by atoms with E-state index in [9.17, 15) is 20.1 Å². The summed E-state index contributed by atoms with van der Waals surface area (Å²) in [5.41, 5.74) is -2.12. The van der Waals surface area contributed by atoms with Gasteiger partial charge in [0.05, 0.1) is 35.9 Å². The zero-order valence-electron chi connectivity index (χ0n) is 25.2. The Hall–Kier alpha value is -0.890. The van der Waals surface area contributed by atoms with Gasteiger partial charge in [-0.25, -0.2) is 0 Å². The van der Waals surface area contributed by atoms with Gasteiger partial charge in [0.15, 0.2) is 12.6 Å². The highest BCUT2D eigenvalue weighted by atomic mass is 16.7. The Morgan fingerprint density at radius 3 is 2.31 bits per heavy atom. The molecule has 14 atom stereocenters. The van der Waals surface area contributed by atoms with Crippen LogP contribution >= 0.6 is 0 Å². The van der Waals surface area contributed by atoms with Crippen molar-refractivity contribution in [3.05, 3.63) is 0 Å². The Labute approximate surface area is 233 Å². The molecule has 39 heavy (non-hydrogen) atoms. The summed E-state index contributed by atoms with van der Waals surface area (Å²) in [4.78, 5) is 15.3. The van der Waals surface area contributed by atoms with Crippen molar-refractivity contribution < 1.29 is 48.5 Å². The Morgan fingerprint density at radius 1 is 1.10 bits per heavy atom. The van der Waals surface area contributed by atoms with Gasteiger partial charge in [-0.1, -0.05) is 6.92 Å². The van der Waals surface area contributed by atoms with E-state index in [1.165, 1.54) is 7.11 Å². The van der Waals surface area contributed by atoms with Crippen LogP contribution in [0, 0.1) is 11.8 Å². The first-order valence-corrected chi connectivity index (χ1v) is 14.1. The van der Waals surface area contributed by atoms with E-state index in [1.54, 1.807) is 34.6 Å². The third-order valence-corrected chi connectivity index (χ3v) is 8.84. The number of likely N-dealkylation sites (N-methyl/N-ethyl adjacent to an activating group) is 1. The number of methoxy groups -OCH3 is 1. The third kappa shape index (κ3) is 6.95. The maximum absolute atomic E-state index is 13.4. The number of hydrogen-bond acceptors (Lipinski definition) is 11. The fourth-order valence-electron chi connectivity index (χ4n) is 6.52. The number of carbonyl (C=O) groups excluding carboxylic acids is 1. The molecular weight excluding hydrogens is 510 g/mol. The fourth-order valence-corrected chi connectivity index (χ4v) is 6.52. The van der Waals surface area contributed by atoms with Crippen molar-refractivity contribution >= 4 is 5.97 Å². The number of hydrogen-bond donors (Lipinski definition) is 3. The smallest absolute Gasteiger partial charge is 0.311 e. The number of esters is 1. The molecule has 0 radical (unpaired) electrons. The van der Waals surface area contributed by atoms with E-state index in [4.69, 9.17) is 28.4 Å². The van der Waals surface area contributed by atoms with Crippen LogP contribution < -0.4 is 0 Å². The molecule has 0 amide bonds. The second-order valence-corrected chi connectivity index (χ2v) is 12.6. The lowest BCUT2D eigenvalue weighted by molar-refractivity contribution is -0.312. The number of ether oxygens (including phenoxy) is 6. The van der Waals surface area contributed by atoms with Crippen LogP contribution in [0.1, 0.15) is 67.7 Å². The first-order valence-electron chi connectivity index (χ1n) is 14.1. The molecule has 3 N–H and O–H groups in total. The van der Waals surface area contributed by atoms with Gasteiger partial charge in [-0.2, -0.15) is 0 Å². The maximum Gasteiger partial charge on any atom is 0.311 e. The molecular formula is C28H51NO10. The second kappa shape index (κ2) is 12.5. The van der Waals surface area contributed by atoms with E-state index in [-0.39, 0.29) is 25.0 Å². The lowest BCUT2D eigenvalue weighted by atomic mass is 9.80. The molecule has 0 unspecified atom stereocenters. The number of nitrogens with zero attached hydrogens (tertiary/aromatic N) is 1. The molecule has 3 fully saturated rings. The molecule has 11 nitrogen and oxygen atoms in total. The molecule has 11 heteroatoms. The highest BCUT2D eigenvalue weighted by molar-refractivity contribution is 5.73. The highest BCUT2D eigenvalue weighted by Crippen LogP contribution is 2.42. The molecule has 3 saturated heterocycles. The van der Waals surface area contributed by atoms with Crippen molar-refractivity contribution in [3.63, 3.8) is 0 Å². The van der Waals surface area contributed by atoms with Gasteiger partial charge in [0.2, 0.25) is 0 Å². The van der Waals surface area contributed by atoms with Gasteiger partial charge in [-0.05, 0) is 62.1 Å². The average molecular weight is 562 g/mol. The SMILES string of the molecule is CO[C@]1(C)C[C@H](O[C@H]2[C@H](C)[C@@H](O[C@@H]3O[C@H](C)C[C@H](N(C)C)[C@H]3O)[C@@](C)(C[C@@H](C)O)OC(=O)[C@@H]2C)O[C@@H](C)[C@@H]1O. The van der Waals surface area contributed by atoms with Crippen molar-refractivity contribution in [2.45, 2.75) is 140 Å². The summed E-state index contributed by atoms with van der Waals surface area (Å²) in [5.74, 6) is -1.61. The van der Waals surface area contributed by atoms with Crippen LogP contribution in [0.5, 0.6) is 0 Å². The van der Waals surface area contributed by atoms with Crippen LogP contribution in [0.2, 0.25) is 0 Å². The normalized spacial score (nSPS) is 48.5. The predicted octanol–water partition coefficient (Wildman–Crippen LogP) is 1.44. The summed E-state index contributed by atoms with van der Waals surface area (Å²) >= 11 is 0. The second-order valence-electron chi connectivity index (χ2n) is 12.6. The lowest BCUT2D eigenvalue weighted by Crippen LogP contribution is -2.59. The van der Waals surface area contributed by atoms with E-state index in [1.807, 2.05) is 32.8 Å². The fraction of sp³-hybridized carbons (Fsp3) is 0.964. The summed E-state index contributed by atoms with van der Waals surface area (Å²) in [6.07, 6.45) is -5.52. The average Bonchev–Trinajstić information content (AvgIpc) is 2.89. The van der Waals surface area contributed by atoms with E-state index in [0.29, 0.717) is 6.42 Å². The zero-order chi connectivity index (χ0) is 29.4. The van der Waals surface area contributed by atoms with Gasteiger partial charge in [0.25, 0.3) is 0 Å². The van der Waals surface area contributed by atoms with Crippen molar-refractivity contribution in [1.82, 2.24) is 4.90 Å². The minimum Gasteiger partial charge on any atom is -0.456 e. The van der Waals surface area contributed by atoms with Gasteiger partial charge in [-0.15, -0.1) is 0 Å². The van der Waals surface area contributed by atoms with Crippen molar-refractivity contribution in [2.24, 2.45) is 11.8 Å². The van der Waals surface area contributed by atoms with Gasteiger partial charge in [-0.3, -0.25) is 4.79 Å². The molecule has 3 heterocycles. The van der Waals surface area contributed by atoms with Gasteiger partial charge in [0.1, 0.15) is 23.9 Å². The minimum atomic E-state index is -1.23. The Kier molecular flexibility index (Phi) is 10.5. The van der Waals surface area contributed by atoms with Crippen molar-refractivity contribution in [2.75, 3.05) is 21.2 Å². The zero-order valence-corrected chi connectivity index (χ0v) is 25.2. The van der Waals surface area contributed by atoms with Crippen molar-refractivity contribution in [3.8, 4) is 0 Å². The molecule has 0 bridgehead atoms. The summed E-state index contributed by atoms with van der Waals surface area (Å²) < 4.78 is 36.8. The monoisotopic (exact) mass is 561 g/mol. The van der Waals surface area contributed by atoms with Gasteiger partial charge >= 0.3 is 5.97 Å². The molecule has 0 aromatic carbocycles. The topological polar surface area (TPSA) is 136 Å². The molecule has 3 aliphatic rings. The lowest BCUT2D eigenvalue weighted by Gasteiger charge is -2.47. The Morgan fingerprint density at radius 2 is 1.74 bits per heavy atom. The largest absolute Gasteiger partial charge is 0.456 e. The summed E-state index contributed by atoms with van der Waals surface area (Å²) in [6.45, 7) is 12.5. The molecule has 3 aliphatic heterocycles. The van der Waals surface area contributed by atoms with Crippen molar-refractivity contribution in [1.29, 1.82) is 0 Å².